The molecule has 2 heterocycles. The largest absolute Gasteiger partial charge is 0.323 e. The summed E-state index contributed by atoms with van der Waals surface area (Å²) in [7, 11) is 0. The molecule has 3 rings (SSSR count). The molecular weight excluding hydrogens is 318 g/mol. The van der Waals surface area contributed by atoms with Crippen molar-refractivity contribution in [3.05, 3.63) is 64.4 Å². The molecule has 0 spiro atoms. The minimum Gasteiger partial charge on any atom is -0.323 e. The quantitative estimate of drug-likeness (QED) is 0.711. The summed E-state index contributed by atoms with van der Waals surface area (Å²) in [6.07, 6.45) is 1.82. The highest BCUT2D eigenvalue weighted by molar-refractivity contribution is 7.13. The zero-order chi connectivity index (χ0) is 16.9. The summed E-state index contributed by atoms with van der Waals surface area (Å²) < 4.78 is 0. The number of aryl methyl sites for hydroxylation is 3. The minimum absolute atomic E-state index is 0.0721. The Morgan fingerprint density at radius 2 is 1.79 bits per heavy atom. The van der Waals surface area contributed by atoms with Gasteiger partial charge in [-0.2, -0.15) is 0 Å². The maximum atomic E-state index is 6.28. The van der Waals surface area contributed by atoms with Crippen LogP contribution in [0, 0.1) is 13.8 Å². The SMILES string of the molecule is Cc1cc(C)nc(Nc2nc(C(N)CCc3ccccc3)cs2)n1. The first-order chi connectivity index (χ1) is 11.6. The summed E-state index contributed by atoms with van der Waals surface area (Å²) in [5.74, 6) is 0.575. The van der Waals surface area contributed by atoms with Crippen molar-refractivity contribution in [1.29, 1.82) is 0 Å². The molecule has 124 valence electrons. The number of benzene rings is 1. The lowest BCUT2D eigenvalue weighted by molar-refractivity contribution is 0.637. The molecule has 2 aromatic heterocycles. The van der Waals surface area contributed by atoms with Crippen LogP contribution in [0.15, 0.2) is 41.8 Å². The normalized spacial score (nSPS) is 12.1. The Morgan fingerprint density at radius 1 is 1.08 bits per heavy atom. The van der Waals surface area contributed by atoms with Crippen molar-refractivity contribution in [1.82, 2.24) is 15.0 Å². The maximum Gasteiger partial charge on any atom is 0.229 e. The van der Waals surface area contributed by atoms with Crippen LogP contribution in [0.3, 0.4) is 0 Å². The van der Waals surface area contributed by atoms with Gasteiger partial charge in [-0.25, -0.2) is 15.0 Å². The molecule has 0 fully saturated rings. The number of aromatic nitrogens is 3. The van der Waals surface area contributed by atoms with Gasteiger partial charge < -0.3 is 11.1 Å². The number of rotatable bonds is 6. The lowest BCUT2D eigenvalue weighted by Gasteiger charge is -2.08. The molecule has 0 aliphatic carbocycles. The summed E-state index contributed by atoms with van der Waals surface area (Å²) in [6.45, 7) is 3.90. The Bertz CT molecular complexity index is 780. The third-order valence-electron chi connectivity index (χ3n) is 3.69. The minimum atomic E-state index is -0.0721. The molecule has 0 bridgehead atoms. The number of hydrogen-bond donors (Lipinski definition) is 2. The standard InChI is InChI=1S/C18H21N5S/c1-12-10-13(2)21-17(20-12)23-18-22-16(11-24-18)15(19)9-8-14-6-4-3-5-7-14/h3-7,10-11,15H,8-9,19H2,1-2H3,(H,20,21,22,23). The lowest BCUT2D eigenvalue weighted by Crippen LogP contribution is -2.12. The predicted molar refractivity (Wildman–Crippen MR) is 98.6 cm³/mol. The van der Waals surface area contributed by atoms with Crippen LogP contribution in [0.5, 0.6) is 0 Å². The highest BCUT2D eigenvalue weighted by Crippen LogP contribution is 2.24. The number of thiazole rings is 1. The third kappa shape index (κ3) is 4.37. The second-order valence-electron chi connectivity index (χ2n) is 5.81. The van der Waals surface area contributed by atoms with Crippen molar-refractivity contribution in [3.8, 4) is 0 Å². The molecule has 1 aromatic carbocycles. The molecule has 6 heteroatoms. The van der Waals surface area contributed by atoms with Gasteiger partial charge in [0, 0.05) is 22.8 Å². The Hall–Kier alpha value is -2.31. The first-order valence-corrected chi connectivity index (χ1v) is 8.82. The van der Waals surface area contributed by atoms with E-state index in [0.29, 0.717) is 5.95 Å². The summed E-state index contributed by atoms with van der Waals surface area (Å²) in [5, 5.41) is 5.93. The van der Waals surface area contributed by atoms with Crippen LogP contribution >= 0.6 is 11.3 Å². The number of hydrogen-bond acceptors (Lipinski definition) is 6. The van der Waals surface area contributed by atoms with Gasteiger partial charge in [-0.3, -0.25) is 0 Å². The molecule has 3 aromatic rings. The highest BCUT2D eigenvalue weighted by atomic mass is 32.1. The second kappa shape index (κ2) is 7.51. The van der Waals surface area contributed by atoms with Gasteiger partial charge in [0.05, 0.1) is 5.69 Å². The third-order valence-corrected chi connectivity index (χ3v) is 4.47. The van der Waals surface area contributed by atoms with Crippen LogP contribution in [0.25, 0.3) is 0 Å². The Labute approximate surface area is 146 Å². The smallest absolute Gasteiger partial charge is 0.229 e. The molecule has 1 atom stereocenters. The van der Waals surface area contributed by atoms with E-state index in [1.54, 1.807) is 0 Å². The monoisotopic (exact) mass is 339 g/mol. The van der Waals surface area contributed by atoms with Crippen molar-refractivity contribution < 1.29 is 0 Å². The zero-order valence-electron chi connectivity index (χ0n) is 13.9. The zero-order valence-corrected chi connectivity index (χ0v) is 14.7. The van der Waals surface area contributed by atoms with Crippen molar-refractivity contribution in [3.63, 3.8) is 0 Å². The Kier molecular flexibility index (Phi) is 5.17. The van der Waals surface area contributed by atoms with Gasteiger partial charge in [0.2, 0.25) is 5.95 Å². The van der Waals surface area contributed by atoms with E-state index in [1.165, 1.54) is 16.9 Å². The molecule has 0 saturated heterocycles. The van der Waals surface area contributed by atoms with Crippen molar-refractivity contribution in [2.75, 3.05) is 5.32 Å². The second-order valence-corrected chi connectivity index (χ2v) is 6.67. The number of nitrogens with zero attached hydrogens (tertiary/aromatic N) is 3. The lowest BCUT2D eigenvalue weighted by atomic mass is 10.0. The fourth-order valence-electron chi connectivity index (χ4n) is 2.51. The van der Waals surface area contributed by atoms with Gasteiger partial charge in [-0.1, -0.05) is 30.3 Å². The van der Waals surface area contributed by atoms with E-state index in [4.69, 9.17) is 5.73 Å². The highest BCUT2D eigenvalue weighted by Gasteiger charge is 2.12. The molecule has 0 amide bonds. The van der Waals surface area contributed by atoms with Gasteiger partial charge in [-0.15, -0.1) is 11.3 Å². The van der Waals surface area contributed by atoms with E-state index in [-0.39, 0.29) is 6.04 Å². The molecule has 0 aliphatic heterocycles. The first-order valence-electron chi connectivity index (χ1n) is 7.94. The molecule has 3 N–H and O–H groups in total. The Balaban J connectivity index is 1.62. The van der Waals surface area contributed by atoms with Gasteiger partial charge in [0.1, 0.15) is 0 Å². The van der Waals surface area contributed by atoms with Crippen LogP contribution in [-0.4, -0.2) is 15.0 Å². The molecule has 0 aliphatic rings. The van der Waals surface area contributed by atoms with E-state index in [9.17, 15) is 0 Å². The van der Waals surface area contributed by atoms with Gasteiger partial charge in [0.25, 0.3) is 0 Å². The fourth-order valence-corrected chi connectivity index (χ4v) is 3.27. The van der Waals surface area contributed by atoms with Gasteiger partial charge in [0.15, 0.2) is 5.13 Å². The summed E-state index contributed by atoms with van der Waals surface area (Å²) in [4.78, 5) is 13.3. The number of anilines is 2. The van der Waals surface area contributed by atoms with Gasteiger partial charge in [-0.05, 0) is 38.3 Å². The van der Waals surface area contributed by atoms with Gasteiger partial charge >= 0.3 is 0 Å². The van der Waals surface area contributed by atoms with E-state index in [1.807, 2.05) is 31.4 Å². The summed E-state index contributed by atoms with van der Waals surface area (Å²) in [5.41, 5.74) is 10.3. The van der Waals surface area contributed by atoms with Crippen molar-refractivity contribution in [2.45, 2.75) is 32.7 Å². The van der Waals surface area contributed by atoms with E-state index in [0.717, 1.165) is 35.1 Å². The van der Waals surface area contributed by atoms with Crippen LogP contribution in [0.2, 0.25) is 0 Å². The van der Waals surface area contributed by atoms with Crippen molar-refractivity contribution >= 4 is 22.4 Å². The predicted octanol–water partition coefficient (Wildman–Crippen LogP) is 3.93. The molecule has 24 heavy (non-hydrogen) atoms. The number of nitrogens with two attached hydrogens (primary N) is 1. The average Bonchev–Trinajstić information content (AvgIpc) is 3.01. The molecule has 0 radical (unpaired) electrons. The van der Waals surface area contributed by atoms with Crippen LogP contribution in [-0.2, 0) is 6.42 Å². The topological polar surface area (TPSA) is 76.7 Å². The summed E-state index contributed by atoms with van der Waals surface area (Å²) in [6, 6.07) is 12.2. The van der Waals surface area contributed by atoms with Crippen LogP contribution < -0.4 is 11.1 Å². The van der Waals surface area contributed by atoms with E-state index in [2.05, 4.69) is 44.5 Å². The first kappa shape index (κ1) is 16.5. The molecule has 5 nitrogen and oxygen atoms in total. The fraction of sp³-hybridized carbons (Fsp3) is 0.278. The maximum absolute atomic E-state index is 6.28. The molecule has 1 unspecified atom stereocenters. The van der Waals surface area contributed by atoms with Crippen molar-refractivity contribution in [2.24, 2.45) is 5.73 Å². The van der Waals surface area contributed by atoms with Crippen LogP contribution in [0.1, 0.15) is 35.1 Å². The Morgan fingerprint density at radius 3 is 2.50 bits per heavy atom. The van der Waals surface area contributed by atoms with Crippen LogP contribution in [0.4, 0.5) is 11.1 Å². The molecule has 0 saturated carbocycles. The molecular formula is C18H21N5S. The van der Waals surface area contributed by atoms with E-state index >= 15 is 0 Å². The average molecular weight is 339 g/mol. The number of nitrogens with one attached hydrogen (secondary N) is 1. The summed E-state index contributed by atoms with van der Waals surface area (Å²) >= 11 is 1.52. The van der Waals surface area contributed by atoms with E-state index < -0.39 is 0 Å².